The Balaban J connectivity index is 2.04. The Morgan fingerprint density at radius 2 is 2.15 bits per heavy atom. The molecular weight excluding hydrogens is 449 g/mol. The van der Waals surface area contributed by atoms with Crippen LogP contribution in [0.1, 0.15) is 19.2 Å². The molecule has 1 aromatic heterocycles. The Labute approximate surface area is 145 Å². The Hall–Kier alpha value is -0.340. The molecule has 6 heteroatoms. The first kappa shape index (κ1) is 16.0. The van der Waals surface area contributed by atoms with E-state index in [0.717, 1.165) is 38.4 Å². The third-order valence-electron chi connectivity index (χ3n) is 2.53. The maximum absolute atomic E-state index is 4.59. The highest BCUT2D eigenvalue weighted by Gasteiger charge is 2.06. The van der Waals surface area contributed by atoms with Gasteiger partial charge in [-0.15, -0.1) is 11.8 Å². The van der Waals surface area contributed by atoms with Crippen LogP contribution < -0.4 is 5.32 Å². The second-order valence-electron chi connectivity index (χ2n) is 4.13. The molecule has 2 rings (SSSR count). The van der Waals surface area contributed by atoms with Crippen LogP contribution >= 0.6 is 50.3 Å². The molecular formula is C14H15BrIN3S. The van der Waals surface area contributed by atoms with Crippen LogP contribution in [0.25, 0.3) is 0 Å². The molecule has 0 amide bonds. The Morgan fingerprint density at radius 1 is 1.35 bits per heavy atom. The summed E-state index contributed by atoms with van der Waals surface area (Å²) in [5.41, 5.74) is 0. The van der Waals surface area contributed by atoms with Crippen LogP contribution in [0.2, 0.25) is 0 Å². The third kappa shape index (κ3) is 4.60. The van der Waals surface area contributed by atoms with Crippen molar-refractivity contribution in [3.8, 4) is 0 Å². The molecule has 1 N–H and O–H groups in total. The van der Waals surface area contributed by atoms with Gasteiger partial charge >= 0.3 is 0 Å². The summed E-state index contributed by atoms with van der Waals surface area (Å²) in [5, 5.41) is 3.34. The van der Waals surface area contributed by atoms with Gasteiger partial charge in [0.2, 0.25) is 0 Å². The summed E-state index contributed by atoms with van der Waals surface area (Å²) in [7, 11) is 0. The fourth-order valence-electron chi connectivity index (χ4n) is 1.54. The number of benzene rings is 1. The molecule has 0 spiro atoms. The van der Waals surface area contributed by atoms with Gasteiger partial charge in [0.25, 0.3) is 0 Å². The van der Waals surface area contributed by atoms with Gasteiger partial charge in [0, 0.05) is 22.1 Å². The number of nitrogens with zero attached hydrogens (tertiary/aromatic N) is 2. The zero-order valence-corrected chi connectivity index (χ0v) is 15.6. The summed E-state index contributed by atoms with van der Waals surface area (Å²) in [6.07, 6.45) is 2.96. The average molecular weight is 464 g/mol. The Kier molecular flexibility index (Phi) is 6.57. The number of halogens is 2. The molecule has 1 heterocycles. The smallest absolute Gasteiger partial charge is 0.143 e. The molecule has 0 aliphatic heterocycles. The summed E-state index contributed by atoms with van der Waals surface area (Å²) in [4.78, 5) is 10.2. The lowest BCUT2D eigenvalue weighted by Gasteiger charge is -2.08. The minimum atomic E-state index is 0.764. The van der Waals surface area contributed by atoms with Crippen LogP contribution in [0, 0.1) is 3.57 Å². The van der Waals surface area contributed by atoms with Crippen molar-refractivity contribution >= 4 is 56.1 Å². The highest BCUT2D eigenvalue weighted by Crippen LogP contribution is 2.29. The zero-order valence-electron chi connectivity index (χ0n) is 11.1. The van der Waals surface area contributed by atoms with Crippen molar-refractivity contribution in [2.24, 2.45) is 0 Å². The van der Waals surface area contributed by atoms with E-state index in [1.165, 1.54) is 4.90 Å². The van der Waals surface area contributed by atoms with Gasteiger partial charge in [-0.3, -0.25) is 0 Å². The fraction of sp³-hybridized carbons (Fsp3) is 0.286. The first-order valence-corrected chi connectivity index (χ1v) is 9.19. The number of thioether (sulfide) groups is 1. The largest absolute Gasteiger partial charge is 0.369 e. The number of hydrogen-bond donors (Lipinski definition) is 1. The summed E-state index contributed by atoms with van der Waals surface area (Å²) in [6.45, 7) is 3.08. The van der Waals surface area contributed by atoms with Gasteiger partial charge < -0.3 is 5.32 Å². The third-order valence-corrected chi connectivity index (χ3v) is 5.34. The van der Waals surface area contributed by atoms with Crippen molar-refractivity contribution in [2.45, 2.75) is 24.0 Å². The van der Waals surface area contributed by atoms with E-state index in [9.17, 15) is 0 Å². The molecule has 0 bridgehead atoms. The van der Waals surface area contributed by atoms with Crippen LogP contribution in [-0.4, -0.2) is 16.5 Å². The van der Waals surface area contributed by atoms with Crippen LogP contribution in [0.4, 0.5) is 5.82 Å². The number of aromatic nitrogens is 2. The quantitative estimate of drug-likeness (QED) is 0.485. The van der Waals surface area contributed by atoms with Crippen molar-refractivity contribution in [1.29, 1.82) is 0 Å². The monoisotopic (exact) mass is 463 g/mol. The van der Waals surface area contributed by atoms with Crippen LogP contribution in [-0.2, 0) is 5.75 Å². The molecule has 0 aliphatic carbocycles. The molecule has 0 fully saturated rings. The predicted molar refractivity (Wildman–Crippen MR) is 97.2 cm³/mol. The summed E-state index contributed by atoms with van der Waals surface area (Å²) in [5.74, 6) is 2.55. The molecule has 0 saturated carbocycles. The summed E-state index contributed by atoms with van der Waals surface area (Å²) < 4.78 is 2.17. The van der Waals surface area contributed by atoms with Crippen LogP contribution in [0.15, 0.2) is 39.8 Å². The van der Waals surface area contributed by atoms with E-state index >= 15 is 0 Å². The summed E-state index contributed by atoms with van der Waals surface area (Å²) >= 11 is 7.55. The second kappa shape index (κ2) is 8.19. The first-order valence-electron chi connectivity index (χ1n) is 6.33. The number of nitrogens with one attached hydrogen (secondary N) is 1. The fourth-order valence-corrected chi connectivity index (χ4v) is 3.43. The molecule has 0 radical (unpaired) electrons. The van der Waals surface area contributed by atoms with Crippen molar-refractivity contribution in [3.63, 3.8) is 0 Å². The highest BCUT2D eigenvalue weighted by atomic mass is 127. The molecule has 106 valence electrons. The Bertz CT molecular complexity index is 580. The molecule has 3 nitrogen and oxygen atoms in total. The van der Waals surface area contributed by atoms with Gasteiger partial charge in [0.15, 0.2) is 0 Å². The molecule has 20 heavy (non-hydrogen) atoms. The molecule has 0 atom stereocenters. The van der Waals surface area contributed by atoms with Crippen molar-refractivity contribution < 1.29 is 0 Å². The topological polar surface area (TPSA) is 37.8 Å². The lowest BCUT2D eigenvalue weighted by atomic mass is 10.4. The number of rotatable bonds is 6. The minimum absolute atomic E-state index is 0.764. The maximum Gasteiger partial charge on any atom is 0.143 e. The first-order chi connectivity index (χ1) is 9.70. The van der Waals surface area contributed by atoms with Crippen molar-refractivity contribution in [2.75, 3.05) is 11.9 Å². The van der Waals surface area contributed by atoms with E-state index in [1.807, 2.05) is 24.4 Å². The van der Waals surface area contributed by atoms with E-state index < -0.39 is 0 Å². The minimum Gasteiger partial charge on any atom is -0.369 e. The lowest BCUT2D eigenvalue weighted by molar-refractivity contribution is 0.946. The normalized spacial score (nSPS) is 10.6. The zero-order chi connectivity index (χ0) is 14.4. The Morgan fingerprint density at radius 3 is 2.90 bits per heavy atom. The number of hydrogen-bond acceptors (Lipinski definition) is 4. The van der Waals surface area contributed by atoms with E-state index in [1.54, 1.807) is 11.8 Å². The lowest BCUT2D eigenvalue weighted by Crippen LogP contribution is -2.06. The summed E-state index contributed by atoms with van der Waals surface area (Å²) in [6, 6.07) is 8.20. The highest BCUT2D eigenvalue weighted by molar-refractivity contribution is 14.1. The van der Waals surface area contributed by atoms with Gasteiger partial charge in [-0.25, -0.2) is 9.97 Å². The van der Waals surface area contributed by atoms with Crippen LogP contribution in [0.3, 0.4) is 0 Å². The van der Waals surface area contributed by atoms with Gasteiger partial charge in [0.1, 0.15) is 11.6 Å². The van der Waals surface area contributed by atoms with E-state index in [-0.39, 0.29) is 0 Å². The number of anilines is 1. The molecule has 2 aromatic rings. The van der Waals surface area contributed by atoms with Gasteiger partial charge in [0.05, 0.1) is 9.32 Å². The predicted octanol–water partition coefficient (Wildman–Crippen LogP) is 4.96. The second-order valence-corrected chi connectivity index (χ2v) is 7.16. The van der Waals surface area contributed by atoms with E-state index in [4.69, 9.17) is 0 Å². The molecule has 1 aromatic carbocycles. The van der Waals surface area contributed by atoms with E-state index in [2.05, 4.69) is 66.8 Å². The molecule has 0 unspecified atom stereocenters. The van der Waals surface area contributed by atoms with Gasteiger partial charge in [-0.05, 0) is 57.1 Å². The van der Waals surface area contributed by atoms with Crippen molar-refractivity contribution in [3.05, 3.63) is 44.3 Å². The standard InChI is InChI=1S/C14H15BrIN3S/c1-2-7-17-14-11(16)8-18-13(19-14)9-20-12-6-4-3-5-10(12)15/h3-6,8H,2,7,9H2,1H3,(H,17,18,19). The maximum atomic E-state index is 4.59. The average Bonchev–Trinajstić information content (AvgIpc) is 2.46. The van der Waals surface area contributed by atoms with E-state index in [0.29, 0.717) is 0 Å². The van der Waals surface area contributed by atoms with Gasteiger partial charge in [-0.2, -0.15) is 0 Å². The van der Waals surface area contributed by atoms with Crippen molar-refractivity contribution in [1.82, 2.24) is 9.97 Å². The SMILES string of the molecule is CCCNc1nc(CSc2ccccc2Br)ncc1I. The molecule has 0 aliphatic rings. The van der Waals surface area contributed by atoms with Crippen LogP contribution in [0.5, 0.6) is 0 Å². The van der Waals surface area contributed by atoms with Gasteiger partial charge in [-0.1, -0.05) is 19.1 Å². The molecule has 0 saturated heterocycles.